The molecule has 0 radical (unpaired) electrons. The van der Waals surface area contributed by atoms with Gasteiger partial charge in [0, 0.05) is 12.1 Å². The van der Waals surface area contributed by atoms with Crippen molar-refractivity contribution in [2.75, 3.05) is 6.54 Å². The molecule has 0 aromatic carbocycles. The number of nitrogens with zero attached hydrogens (tertiary/aromatic N) is 2. The Kier molecular flexibility index (Phi) is 5.76. The Labute approximate surface area is 146 Å². The van der Waals surface area contributed by atoms with Gasteiger partial charge in [0.1, 0.15) is 6.54 Å². The largest absolute Gasteiger partial charge is 0.336 e. The Morgan fingerprint density at radius 1 is 1.12 bits per heavy atom. The van der Waals surface area contributed by atoms with Crippen molar-refractivity contribution in [3.63, 3.8) is 0 Å². The van der Waals surface area contributed by atoms with E-state index in [2.05, 4.69) is 5.32 Å². The van der Waals surface area contributed by atoms with Gasteiger partial charge in [0.25, 0.3) is 0 Å². The third-order valence-electron chi connectivity index (χ3n) is 4.46. The zero-order chi connectivity index (χ0) is 18.7. The number of hydrogen-bond acceptors (Lipinski definition) is 5. The van der Waals surface area contributed by atoms with E-state index in [-0.39, 0.29) is 18.0 Å². The molecule has 2 fully saturated rings. The minimum absolute atomic E-state index is 0.111. The van der Waals surface area contributed by atoms with Gasteiger partial charge in [-0.15, -0.1) is 0 Å². The lowest BCUT2D eigenvalue weighted by Crippen LogP contribution is -2.49. The summed E-state index contributed by atoms with van der Waals surface area (Å²) in [4.78, 5) is 61.8. The predicted octanol–water partition coefficient (Wildman–Crippen LogP) is 0.590. The van der Waals surface area contributed by atoms with Gasteiger partial charge in [-0.2, -0.15) is 0 Å². The normalized spacial score (nSPS) is 24.1. The van der Waals surface area contributed by atoms with Gasteiger partial charge < -0.3 is 5.32 Å². The molecule has 0 spiro atoms. The Balaban J connectivity index is 2.03. The molecule has 7 amide bonds. The molecule has 0 bridgehead atoms. The number of imide groups is 3. The van der Waals surface area contributed by atoms with Gasteiger partial charge in [-0.1, -0.05) is 19.8 Å². The van der Waals surface area contributed by atoms with Gasteiger partial charge in [-0.3, -0.25) is 24.6 Å². The van der Waals surface area contributed by atoms with E-state index >= 15 is 0 Å². The summed E-state index contributed by atoms with van der Waals surface area (Å²) in [6, 6.07) is -2.00. The number of rotatable bonds is 4. The summed E-state index contributed by atoms with van der Waals surface area (Å²) in [6.07, 6.45) is 3.45. The first-order valence-corrected chi connectivity index (χ1v) is 8.51. The topological polar surface area (TPSA) is 116 Å². The highest BCUT2D eigenvalue weighted by atomic mass is 16.2. The molecule has 1 saturated carbocycles. The quantitative estimate of drug-likeness (QED) is 0.567. The second-order valence-corrected chi connectivity index (χ2v) is 6.85. The molecule has 1 heterocycles. The fourth-order valence-corrected chi connectivity index (χ4v) is 3.24. The van der Waals surface area contributed by atoms with Crippen LogP contribution in [0, 0.1) is 5.92 Å². The minimum Gasteiger partial charge on any atom is -0.336 e. The van der Waals surface area contributed by atoms with Crippen LogP contribution in [-0.2, 0) is 14.4 Å². The molecule has 0 aromatic rings. The minimum atomic E-state index is -1.03. The van der Waals surface area contributed by atoms with Gasteiger partial charge in [0.15, 0.2) is 0 Å². The van der Waals surface area contributed by atoms with E-state index in [1.165, 1.54) is 0 Å². The third kappa shape index (κ3) is 4.15. The Morgan fingerprint density at radius 3 is 2.36 bits per heavy atom. The van der Waals surface area contributed by atoms with Crippen molar-refractivity contribution < 1.29 is 24.0 Å². The smallest absolute Gasteiger partial charge is 0.334 e. The van der Waals surface area contributed by atoms with Gasteiger partial charge in [-0.05, 0) is 32.6 Å². The van der Waals surface area contributed by atoms with Crippen LogP contribution in [0.3, 0.4) is 0 Å². The Morgan fingerprint density at radius 2 is 1.76 bits per heavy atom. The molecule has 0 unspecified atom stereocenters. The molecule has 2 aliphatic rings. The standard InChI is InChI=1S/C16H24N4O5/c1-9(2)17-15(24)18-12(21)8-19-13(22)14(23)20(16(19)25)11-7-5-4-6-10(11)3/h9-11H,4-8H2,1-3H3,(H2,17,18,21,24)/t10-,11-/m1/s1. The number of nitrogens with one attached hydrogen (secondary N) is 2. The number of carbonyl (C=O) groups excluding carboxylic acids is 5. The summed E-state index contributed by atoms with van der Waals surface area (Å²) < 4.78 is 0. The molecular formula is C16H24N4O5. The second-order valence-electron chi connectivity index (χ2n) is 6.85. The summed E-state index contributed by atoms with van der Waals surface area (Å²) in [7, 11) is 0. The highest BCUT2D eigenvalue weighted by Gasteiger charge is 2.49. The number of urea groups is 2. The molecule has 9 nitrogen and oxygen atoms in total. The summed E-state index contributed by atoms with van der Waals surface area (Å²) in [5, 5.41) is 4.49. The first-order chi connectivity index (χ1) is 11.7. The van der Waals surface area contributed by atoms with Crippen LogP contribution in [0.25, 0.3) is 0 Å². The van der Waals surface area contributed by atoms with Crippen LogP contribution in [0.15, 0.2) is 0 Å². The van der Waals surface area contributed by atoms with Crippen molar-refractivity contribution in [2.45, 2.75) is 58.5 Å². The van der Waals surface area contributed by atoms with Crippen LogP contribution in [-0.4, -0.2) is 58.2 Å². The van der Waals surface area contributed by atoms with E-state index < -0.39 is 36.3 Å². The van der Waals surface area contributed by atoms with E-state index in [0.717, 1.165) is 24.2 Å². The van der Waals surface area contributed by atoms with Crippen LogP contribution >= 0.6 is 0 Å². The second kappa shape index (κ2) is 7.62. The fraction of sp³-hybridized carbons (Fsp3) is 0.688. The summed E-state index contributed by atoms with van der Waals surface area (Å²) in [5.74, 6) is -2.64. The van der Waals surface area contributed by atoms with Gasteiger partial charge >= 0.3 is 23.9 Å². The Bertz CT molecular complexity index is 603. The fourth-order valence-electron chi connectivity index (χ4n) is 3.24. The monoisotopic (exact) mass is 352 g/mol. The summed E-state index contributed by atoms with van der Waals surface area (Å²) >= 11 is 0. The SMILES string of the molecule is CC(C)NC(=O)NC(=O)CN1C(=O)C(=O)N([C@@H]2CCCC[C@H]2C)C1=O. The number of amides is 7. The molecule has 1 aliphatic heterocycles. The van der Waals surface area contributed by atoms with E-state index in [1.807, 2.05) is 12.2 Å². The maximum atomic E-state index is 12.5. The third-order valence-corrected chi connectivity index (χ3v) is 4.46. The average Bonchev–Trinajstić information content (AvgIpc) is 2.71. The maximum absolute atomic E-state index is 12.5. The molecular weight excluding hydrogens is 328 g/mol. The van der Waals surface area contributed by atoms with Crippen LogP contribution in [0.1, 0.15) is 46.5 Å². The lowest BCUT2D eigenvalue weighted by molar-refractivity contribution is -0.145. The molecule has 1 saturated heterocycles. The average molecular weight is 352 g/mol. The van der Waals surface area contributed by atoms with Crippen LogP contribution < -0.4 is 10.6 Å². The van der Waals surface area contributed by atoms with Gasteiger partial charge in [0.05, 0.1) is 0 Å². The number of carbonyl (C=O) groups is 5. The predicted molar refractivity (Wildman–Crippen MR) is 87.2 cm³/mol. The van der Waals surface area contributed by atoms with Crippen molar-refractivity contribution in [1.82, 2.24) is 20.4 Å². The van der Waals surface area contributed by atoms with Crippen molar-refractivity contribution in [2.24, 2.45) is 5.92 Å². The summed E-state index contributed by atoms with van der Waals surface area (Å²) in [5.41, 5.74) is 0. The van der Waals surface area contributed by atoms with E-state index in [0.29, 0.717) is 11.3 Å². The van der Waals surface area contributed by atoms with Gasteiger partial charge in [-0.25, -0.2) is 14.5 Å². The maximum Gasteiger partial charge on any atom is 0.334 e. The van der Waals surface area contributed by atoms with Crippen LogP contribution in [0.4, 0.5) is 9.59 Å². The Hall–Kier alpha value is -2.45. The number of hydrogen-bond donors (Lipinski definition) is 2. The van der Waals surface area contributed by atoms with E-state index in [9.17, 15) is 24.0 Å². The van der Waals surface area contributed by atoms with Crippen molar-refractivity contribution >= 4 is 29.8 Å². The van der Waals surface area contributed by atoms with Crippen molar-refractivity contribution in [3.8, 4) is 0 Å². The molecule has 2 N–H and O–H groups in total. The van der Waals surface area contributed by atoms with E-state index in [4.69, 9.17) is 0 Å². The molecule has 2 rings (SSSR count). The van der Waals surface area contributed by atoms with Crippen molar-refractivity contribution in [3.05, 3.63) is 0 Å². The summed E-state index contributed by atoms with van der Waals surface area (Å²) in [6.45, 7) is 4.73. The van der Waals surface area contributed by atoms with E-state index in [1.54, 1.807) is 13.8 Å². The first-order valence-electron chi connectivity index (χ1n) is 8.51. The lowest BCUT2D eigenvalue weighted by atomic mass is 9.85. The first kappa shape index (κ1) is 18.9. The molecule has 9 heteroatoms. The molecule has 138 valence electrons. The van der Waals surface area contributed by atoms with Gasteiger partial charge in [0.2, 0.25) is 5.91 Å². The van der Waals surface area contributed by atoms with Crippen LogP contribution in [0.2, 0.25) is 0 Å². The zero-order valence-electron chi connectivity index (χ0n) is 14.7. The van der Waals surface area contributed by atoms with Crippen LogP contribution in [0.5, 0.6) is 0 Å². The molecule has 1 aliphatic carbocycles. The molecule has 25 heavy (non-hydrogen) atoms. The molecule has 0 aromatic heterocycles. The highest BCUT2D eigenvalue weighted by molar-refractivity contribution is 6.45. The lowest BCUT2D eigenvalue weighted by Gasteiger charge is -2.34. The molecule has 2 atom stereocenters. The zero-order valence-corrected chi connectivity index (χ0v) is 14.7. The highest BCUT2D eigenvalue weighted by Crippen LogP contribution is 2.31. The van der Waals surface area contributed by atoms with Crippen molar-refractivity contribution in [1.29, 1.82) is 0 Å².